The molecule has 1 N–H and O–H groups in total. The van der Waals surface area contributed by atoms with Crippen LogP contribution in [0.25, 0.3) is 5.76 Å². The Kier molecular flexibility index (Phi) is 5.21. The normalized spacial score (nSPS) is 21.2. The molecule has 0 saturated carbocycles. The van der Waals surface area contributed by atoms with E-state index in [9.17, 15) is 19.1 Å². The standard InChI is InChI=1S/C27H22FNO4/c1-16-13-19-14-18(11-12-22(19)33-16)25(30)23-24(20-9-5-6-10-21(20)28)29(27(32)26(23)31)15-17-7-3-2-4-8-17/h2-12,14,16,24,30H,13,15H2,1H3/t16-,24-/m1/s1. The molecule has 0 unspecified atom stereocenters. The van der Waals surface area contributed by atoms with Crippen molar-refractivity contribution in [2.45, 2.75) is 32.0 Å². The molecular formula is C27H22FNO4. The van der Waals surface area contributed by atoms with Crippen molar-refractivity contribution >= 4 is 17.4 Å². The summed E-state index contributed by atoms with van der Waals surface area (Å²) in [6.45, 7) is 2.06. The number of carbonyl (C=O) groups is 2. The van der Waals surface area contributed by atoms with Gasteiger partial charge >= 0.3 is 0 Å². The lowest BCUT2D eigenvalue weighted by Crippen LogP contribution is -2.29. The highest BCUT2D eigenvalue weighted by Crippen LogP contribution is 2.42. The Morgan fingerprint density at radius 2 is 1.79 bits per heavy atom. The third-order valence-corrected chi connectivity index (χ3v) is 6.10. The van der Waals surface area contributed by atoms with Crippen molar-refractivity contribution in [2.24, 2.45) is 0 Å². The Morgan fingerprint density at radius 3 is 2.55 bits per heavy atom. The van der Waals surface area contributed by atoms with E-state index in [4.69, 9.17) is 4.74 Å². The van der Waals surface area contributed by atoms with Crippen LogP contribution in [0.2, 0.25) is 0 Å². The van der Waals surface area contributed by atoms with Crippen LogP contribution in [-0.4, -0.2) is 27.8 Å². The predicted octanol–water partition coefficient (Wildman–Crippen LogP) is 4.77. The number of ketones is 1. The van der Waals surface area contributed by atoms with Gasteiger partial charge in [0, 0.05) is 24.1 Å². The fourth-order valence-corrected chi connectivity index (χ4v) is 4.57. The summed E-state index contributed by atoms with van der Waals surface area (Å²) in [4.78, 5) is 27.5. The van der Waals surface area contributed by atoms with Gasteiger partial charge in [0.15, 0.2) is 0 Å². The van der Waals surface area contributed by atoms with Crippen molar-refractivity contribution in [3.63, 3.8) is 0 Å². The Bertz CT molecular complexity index is 1280. The minimum atomic E-state index is -1.05. The fraction of sp³-hybridized carbons (Fsp3) is 0.185. The number of ether oxygens (including phenoxy) is 1. The topological polar surface area (TPSA) is 66.8 Å². The van der Waals surface area contributed by atoms with Crippen LogP contribution in [0.5, 0.6) is 5.75 Å². The molecule has 6 heteroatoms. The van der Waals surface area contributed by atoms with Gasteiger partial charge in [-0.15, -0.1) is 0 Å². The number of aliphatic hydroxyl groups excluding tert-OH is 1. The lowest BCUT2D eigenvalue weighted by Gasteiger charge is -2.25. The smallest absolute Gasteiger partial charge is 0.295 e. The summed E-state index contributed by atoms with van der Waals surface area (Å²) in [7, 11) is 0. The Balaban J connectivity index is 1.65. The zero-order valence-electron chi connectivity index (χ0n) is 18.0. The molecule has 2 aliphatic heterocycles. The number of benzene rings is 3. The number of rotatable bonds is 4. The number of carbonyl (C=O) groups excluding carboxylic acids is 2. The number of halogens is 1. The van der Waals surface area contributed by atoms with Crippen molar-refractivity contribution in [2.75, 3.05) is 0 Å². The highest BCUT2D eigenvalue weighted by molar-refractivity contribution is 6.46. The molecule has 1 fully saturated rings. The molecule has 0 aromatic heterocycles. The summed E-state index contributed by atoms with van der Waals surface area (Å²) in [5, 5.41) is 11.2. The molecule has 2 atom stereocenters. The zero-order chi connectivity index (χ0) is 23.1. The number of likely N-dealkylation sites (tertiary alicyclic amines) is 1. The molecule has 33 heavy (non-hydrogen) atoms. The second-order valence-corrected chi connectivity index (χ2v) is 8.39. The third-order valence-electron chi connectivity index (χ3n) is 6.10. The predicted molar refractivity (Wildman–Crippen MR) is 121 cm³/mol. The number of fused-ring (bicyclic) bond motifs is 1. The van der Waals surface area contributed by atoms with Crippen molar-refractivity contribution in [1.29, 1.82) is 0 Å². The van der Waals surface area contributed by atoms with Gasteiger partial charge in [-0.3, -0.25) is 9.59 Å². The Labute approximate surface area is 190 Å². The maximum Gasteiger partial charge on any atom is 0.295 e. The lowest BCUT2D eigenvalue weighted by molar-refractivity contribution is -0.140. The summed E-state index contributed by atoms with van der Waals surface area (Å²) >= 11 is 0. The SMILES string of the molecule is C[C@@H]1Cc2cc(C(O)=C3C(=O)C(=O)N(Cc4ccccc4)[C@@H]3c3ccccc3F)ccc2O1. The quantitative estimate of drug-likeness (QED) is 0.358. The van der Waals surface area contributed by atoms with Gasteiger partial charge in [0.2, 0.25) is 0 Å². The molecule has 3 aromatic carbocycles. The lowest BCUT2D eigenvalue weighted by atomic mass is 9.94. The Hall–Kier alpha value is -3.93. The van der Waals surface area contributed by atoms with E-state index in [1.165, 1.54) is 17.0 Å². The molecule has 5 rings (SSSR count). The average Bonchev–Trinajstić information content (AvgIpc) is 3.31. The van der Waals surface area contributed by atoms with E-state index in [0.717, 1.165) is 16.9 Å². The Morgan fingerprint density at radius 1 is 1.06 bits per heavy atom. The van der Waals surface area contributed by atoms with Crippen LogP contribution in [0, 0.1) is 5.82 Å². The first-order valence-corrected chi connectivity index (χ1v) is 10.8. The molecule has 0 spiro atoms. The van der Waals surface area contributed by atoms with Crippen LogP contribution < -0.4 is 4.74 Å². The number of nitrogens with zero attached hydrogens (tertiary/aromatic N) is 1. The van der Waals surface area contributed by atoms with Crippen LogP contribution in [0.4, 0.5) is 4.39 Å². The van der Waals surface area contributed by atoms with E-state index in [0.29, 0.717) is 12.0 Å². The van der Waals surface area contributed by atoms with Crippen LogP contribution >= 0.6 is 0 Å². The summed E-state index contributed by atoms with van der Waals surface area (Å²) in [5.74, 6) is -1.74. The van der Waals surface area contributed by atoms with Gasteiger partial charge in [-0.25, -0.2) is 4.39 Å². The van der Waals surface area contributed by atoms with Crippen LogP contribution in [0.1, 0.15) is 35.2 Å². The zero-order valence-corrected chi connectivity index (χ0v) is 18.0. The summed E-state index contributed by atoms with van der Waals surface area (Å²) < 4.78 is 20.6. The van der Waals surface area contributed by atoms with E-state index >= 15 is 0 Å². The average molecular weight is 443 g/mol. The molecule has 166 valence electrons. The van der Waals surface area contributed by atoms with E-state index in [1.807, 2.05) is 37.3 Å². The van der Waals surface area contributed by atoms with Crippen LogP contribution in [0.3, 0.4) is 0 Å². The first-order chi connectivity index (χ1) is 15.9. The van der Waals surface area contributed by atoms with E-state index in [2.05, 4.69) is 0 Å². The van der Waals surface area contributed by atoms with E-state index in [1.54, 1.807) is 30.3 Å². The molecule has 3 aromatic rings. The van der Waals surface area contributed by atoms with Gasteiger partial charge in [0.25, 0.3) is 11.7 Å². The molecule has 1 saturated heterocycles. The summed E-state index contributed by atoms with van der Waals surface area (Å²) in [6, 6.07) is 19.3. The van der Waals surface area contributed by atoms with Crippen LogP contribution in [-0.2, 0) is 22.6 Å². The van der Waals surface area contributed by atoms with Crippen molar-refractivity contribution in [1.82, 2.24) is 4.90 Å². The second-order valence-electron chi connectivity index (χ2n) is 8.39. The minimum Gasteiger partial charge on any atom is -0.507 e. The molecule has 2 heterocycles. The first kappa shape index (κ1) is 20.9. The highest BCUT2D eigenvalue weighted by Gasteiger charge is 2.47. The summed E-state index contributed by atoms with van der Waals surface area (Å²) in [6.07, 6.45) is 0.697. The molecule has 0 aliphatic carbocycles. The third kappa shape index (κ3) is 3.67. The van der Waals surface area contributed by atoms with Gasteiger partial charge in [-0.05, 0) is 42.3 Å². The number of amides is 1. The molecule has 0 radical (unpaired) electrons. The van der Waals surface area contributed by atoms with Crippen molar-refractivity contribution in [3.8, 4) is 5.75 Å². The van der Waals surface area contributed by atoms with Gasteiger partial charge in [0.1, 0.15) is 23.4 Å². The summed E-state index contributed by atoms with van der Waals surface area (Å²) in [5.41, 5.74) is 2.14. The second kappa shape index (κ2) is 8.20. The van der Waals surface area contributed by atoms with Gasteiger partial charge in [-0.1, -0.05) is 48.5 Å². The highest BCUT2D eigenvalue weighted by atomic mass is 19.1. The molecule has 1 amide bonds. The number of Topliss-reactive ketones (excluding diaryl/α,β-unsaturated/α-hetero) is 1. The number of hydrogen-bond acceptors (Lipinski definition) is 4. The number of hydrogen-bond donors (Lipinski definition) is 1. The maximum absolute atomic E-state index is 14.9. The van der Waals surface area contributed by atoms with Gasteiger partial charge in [0.05, 0.1) is 11.6 Å². The molecule has 2 aliphatic rings. The van der Waals surface area contributed by atoms with Crippen LogP contribution in [0.15, 0.2) is 78.4 Å². The number of aliphatic hydroxyl groups is 1. The molecular weight excluding hydrogens is 421 g/mol. The van der Waals surface area contributed by atoms with E-state index in [-0.39, 0.29) is 29.5 Å². The monoisotopic (exact) mass is 443 g/mol. The molecule has 5 nitrogen and oxygen atoms in total. The van der Waals surface area contributed by atoms with Crippen molar-refractivity contribution in [3.05, 3.63) is 106 Å². The fourth-order valence-electron chi connectivity index (χ4n) is 4.57. The van der Waals surface area contributed by atoms with E-state index < -0.39 is 23.5 Å². The largest absolute Gasteiger partial charge is 0.507 e. The molecule has 0 bridgehead atoms. The van der Waals surface area contributed by atoms with Gasteiger partial charge < -0.3 is 14.7 Å². The van der Waals surface area contributed by atoms with Crippen molar-refractivity contribution < 1.29 is 23.8 Å². The maximum atomic E-state index is 14.9. The first-order valence-electron chi connectivity index (χ1n) is 10.8. The van der Waals surface area contributed by atoms with Gasteiger partial charge in [-0.2, -0.15) is 0 Å². The minimum absolute atomic E-state index is 0.0206.